The Morgan fingerprint density at radius 1 is 1.10 bits per heavy atom. The molecule has 0 unspecified atom stereocenters. The lowest BCUT2D eigenvalue weighted by atomic mass is 9.89. The van der Waals surface area contributed by atoms with Crippen molar-refractivity contribution in [3.05, 3.63) is 58.7 Å². The molecule has 1 amide bonds. The largest absolute Gasteiger partial charge is 0.453 e. The molecule has 164 valence electrons. The van der Waals surface area contributed by atoms with E-state index in [2.05, 4.69) is 27.2 Å². The van der Waals surface area contributed by atoms with Crippen molar-refractivity contribution in [2.24, 2.45) is 0 Å². The van der Waals surface area contributed by atoms with Crippen molar-refractivity contribution in [2.75, 3.05) is 13.1 Å². The fraction of sp³-hybridized carbons (Fsp3) is 0.455. The van der Waals surface area contributed by atoms with Crippen LogP contribution in [0.2, 0.25) is 0 Å². The van der Waals surface area contributed by atoms with Gasteiger partial charge in [0.1, 0.15) is 0 Å². The van der Waals surface area contributed by atoms with E-state index in [1.54, 1.807) is 13.8 Å². The molecule has 0 aliphatic carbocycles. The third kappa shape index (κ3) is 4.40. The number of halogens is 3. The SMILES string of the molecule is Cc1nc2nc(C(F)(F)F)nn2c(C)c1CCC(=O)N1CCC(c2ccccc2)CC1. The second-order valence-corrected chi connectivity index (χ2v) is 7.97. The summed E-state index contributed by atoms with van der Waals surface area (Å²) in [5.41, 5.74) is 3.15. The molecule has 0 atom stereocenters. The van der Waals surface area contributed by atoms with Crippen LogP contribution < -0.4 is 0 Å². The number of benzene rings is 1. The third-order valence-corrected chi connectivity index (χ3v) is 6.01. The van der Waals surface area contributed by atoms with Crippen LogP contribution in [0.1, 0.15) is 53.5 Å². The highest BCUT2D eigenvalue weighted by Gasteiger charge is 2.37. The summed E-state index contributed by atoms with van der Waals surface area (Å²) in [6.45, 7) is 4.83. The predicted molar refractivity (Wildman–Crippen MR) is 109 cm³/mol. The van der Waals surface area contributed by atoms with Gasteiger partial charge in [0, 0.05) is 30.9 Å². The number of carbonyl (C=O) groups excluding carboxylic acids is 1. The number of aromatic nitrogens is 4. The summed E-state index contributed by atoms with van der Waals surface area (Å²) < 4.78 is 39.9. The van der Waals surface area contributed by atoms with Crippen LogP contribution >= 0.6 is 0 Å². The number of hydrogen-bond donors (Lipinski definition) is 0. The molecule has 2 aromatic heterocycles. The second-order valence-electron chi connectivity index (χ2n) is 7.97. The van der Waals surface area contributed by atoms with E-state index >= 15 is 0 Å². The van der Waals surface area contributed by atoms with Crippen LogP contribution in [0.5, 0.6) is 0 Å². The lowest BCUT2D eigenvalue weighted by Gasteiger charge is -2.32. The van der Waals surface area contributed by atoms with Gasteiger partial charge in [-0.05, 0) is 50.2 Å². The first kappa shape index (κ1) is 21.3. The number of alkyl halides is 3. The Morgan fingerprint density at radius 2 is 1.77 bits per heavy atom. The summed E-state index contributed by atoms with van der Waals surface area (Å²) in [4.78, 5) is 22.3. The summed E-state index contributed by atoms with van der Waals surface area (Å²) in [6, 6.07) is 10.3. The van der Waals surface area contributed by atoms with Gasteiger partial charge in [-0.3, -0.25) is 4.79 Å². The number of aryl methyl sites for hydroxylation is 2. The minimum Gasteiger partial charge on any atom is -0.343 e. The standard InChI is InChI=1S/C22H24F3N5O/c1-14-18(15(2)30-21(26-14)27-20(28-30)22(23,24)25)8-9-19(31)29-12-10-17(11-13-29)16-6-4-3-5-7-16/h3-7,17H,8-13H2,1-2H3. The van der Waals surface area contributed by atoms with Crippen LogP contribution in [-0.4, -0.2) is 43.5 Å². The maximum atomic E-state index is 12.9. The van der Waals surface area contributed by atoms with Gasteiger partial charge in [0.05, 0.1) is 0 Å². The number of piperidine rings is 1. The van der Waals surface area contributed by atoms with Crippen LogP contribution in [0, 0.1) is 13.8 Å². The van der Waals surface area contributed by atoms with Gasteiger partial charge in [0.25, 0.3) is 11.6 Å². The third-order valence-electron chi connectivity index (χ3n) is 6.01. The number of rotatable bonds is 4. The molecular weight excluding hydrogens is 407 g/mol. The van der Waals surface area contributed by atoms with Gasteiger partial charge in [-0.15, -0.1) is 5.10 Å². The normalized spacial score (nSPS) is 15.6. The molecule has 31 heavy (non-hydrogen) atoms. The zero-order valence-corrected chi connectivity index (χ0v) is 17.5. The van der Waals surface area contributed by atoms with Crippen LogP contribution in [0.3, 0.4) is 0 Å². The molecule has 9 heteroatoms. The maximum Gasteiger partial charge on any atom is 0.453 e. The zero-order valence-electron chi connectivity index (χ0n) is 17.5. The van der Waals surface area contributed by atoms with Gasteiger partial charge in [0.2, 0.25) is 5.91 Å². The van der Waals surface area contributed by atoms with E-state index in [9.17, 15) is 18.0 Å². The van der Waals surface area contributed by atoms with E-state index in [0.29, 0.717) is 36.8 Å². The highest BCUT2D eigenvalue weighted by molar-refractivity contribution is 5.76. The van der Waals surface area contributed by atoms with E-state index in [1.165, 1.54) is 5.56 Å². The van der Waals surface area contributed by atoms with Gasteiger partial charge in [-0.1, -0.05) is 30.3 Å². The minimum absolute atomic E-state index is 0.0555. The van der Waals surface area contributed by atoms with Gasteiger partial charge in [0.15, 0.2) is 0 Å². The monoisotopic (exact) mass is 431 g/mol. The van der Waals surface area contributed by atoms with Crippen LogP contribution in [0.15, 0.2) is 30.3 Å². The molecule has 0 radical (unpaired) electrons. The highest BCUT2D eigenvalue weighted by Crippen LogP contribution is 2.29. The smallest absolute Gasteiger partial charge is 0.343 e. The number of carbonyl (C=O) groups is 1. The van der Waals surface area contributed by atoms with Crippen molar-refractivity contribution in [1.29, 1.82) is 0 Å². The molecule has 1 fully saturated rings. The van der Waals surface area contributed by atoms with Crippen molar-refractivity contribution in [3.63, 3.8) is 0 Å². The first-order valence-corrected chi connectivity index (χ1v) is 10.4. The Balaban J connectivity index is 1.41. The molecule has 0 N–H and O–H groups in total. The lowest BCUT2D eigenvalue weighted by molar-refractivity contribution is -0.144. The van der Waals surface area contributed by atoms with Crippen molar-refractivity contribution in [2.45, 2.75) is 51.6 Å². The van der Waals surface area contributed by atoms with E-state index in [1.807, 2.05) is 23.1 Å². The Kier molecular flexibility index (Phi) is 5.68. The number of amides is 1. The molecule has 3 aromatic rings. The maximum absolute atomic E-state index is 12.9. The number of fused-ring (bicyclic) bond motifs is 1. The van der Waals surface area contributed by atoms with Crippen molar-refractivity contribution in [1.82, 2.24) is 24.5 Å². The number of hydrogen-bond acceptors (Lipinski definition) is 4. The van der Waals surface area contributed by atoms with E-state index in [0.717, 1.165) is 22.9 Å². The fourth-order valence-electron chi connectivity index (χ4n) is 4.27. The summed E-state index contributed by atoms with van der Waals surface area (Å²) in [5, 5.41) is 3.56. The van der Waals surface area contributed by atoms with Crippen molar-refractivity contribution in [3.8, 4) is 0 Å². The first-order valence-electron chi connectivity index (χ1n) is 10.4. The molecule has 1 aromatic carbocycles. The molecule has 3 heterocycles. The van der Waals surface area contributed by atoms with Gasteiger partial charge in [-0.2, -0.15) is 18.2 Å². The number of nitrogens with zero attached hydrogens (tertiary/aromatic N) is 5. The fourth-order valence-corrected chi connectivity index (χ4v) is 4.27. The molecule has 6 nitrogen and oxygen atoms in total. The van der Waals surface area contributed by atoms with E-state index < -0.39 is 12.0 Å². The average molecular weight is 431 g/mol. The molecule has 0 spiro atoms. The van der Waals surface area contributed by atoms with Crippen LogP contribution in [-0.2, 0) is 17.4 Å². The quantitative estimate of drug-likeness (QED) is 0.624. The Bertz CT molecular complexity index is 1090. The Morgan fingerprint density at radius 3 is 2.42 bits per heavy atom. The van der Waals surface area contributed by atoms with Gasteiger partial charge < -0.3 is 4.90 Å². The highest BCUT2D eigenvalue weighted by atomic mass is 19.4. The summed E-state index contributed by atoms with van der Waals surface area (Å²) in [7, 11) is 0. The minimum atomic E-state index is -4.63. The zero-order chi connectivity index (χ0) is 22.2. The van der Waals surface area contributed by atoms with Crippen LogP contribution in [0.4, 0.5) is 13.2 Å². The van der Waals surface area contributed by atoms with E-state index in [-0.39, 0.29) is 18.1 Å². The summed E-state index contributed by atoms with van der Waals surface area (Å²) in [6.07, 6.45) is -2.08. The Labute approximate surface area is 178 Å². The predicted octanol–water partition coefficient (Wildman–Crippen LogP) is 4.10. The molecule has 1 aliphatic heterocycles. The number of likely N-dealkylation sites (tertiary alicyclic amines) is 1. The van der Waals surface area contributed by atoms with Gasteiger partial charge >= 0.3 is 6.18 Å². The molecule has 0 saturated carbocycles. The Hall–Kier alpha value is -2.97. The molecule has 4 rings (SSSR count). The molecule has 0 bridgehead atoms. The first-order chi connectivity index (χ1) is 14.7. The average Bonchev–Trinajstić information content (AvgIpc) is 3.19. The molecule has 1 aliphatic rings. The second kappa shape index (κ2) is 8.28. The van der Waals surface area contributed by atoms with Crippen LogP contribution in [0.25, 0.3) is 5.78 Å². The molecular formula is C22H24F3N5O. The van der Waals surface area contributed by atoms with Crippen molar-refractivity contribution < 1.29 is 18.0 Å². The molecule has 1 saturated heterocycles. The van der Waals surface area contributed by atoms with E-state index in [4.69, 9.17) is 0 Å². The lowest BCUT2D eigenvalue weighted by Crippen LogP contribution is -2.38. The summed E-state index contributed by atoms with van der Waals surface area (Å²) >= 11 is 0. The van der Waals surface area contributed by atoms with Gasteiger partial charge in [-0.25, -0.2) is 9.50 Å². The van der Waals surface area contributed by atoms with Crippen molar-refractivity contribution >= 4 is 11.7 Å². The topological polar surface area (TPSA) is 63.4 Å². The summed E-state index contributed by atoms with van der Waals surface area (Å²) in [5.74, 6) is -0.770.